The van der Waals surface area contributed by atoms with Gasteiger partial charge in [-0.25, -0.2) is 9.13 Å². The molecule has 19 heteroatoms. The minimum absolute atomic E-state index is 0.109. The molecule has 0 heterocycles. The molecule has 624 valence electrons. The Morgan fingerprint density at radius 1 is 0.229 bits per heavy atom. The molecule has 0 aliphatic carbocycles. The minimum Gasteiger partial charge on any atom is -0.462 e. The van der Waals surface area contributed by atoms with Gasteiger partial charge in [-0.3, -0.25) is 37.3 Å². The summed E-state index contributed by atoms with van der Waals surface area (Å²) in [6.45, 7) is 5.07. The summed E-state index contributed by atoms with van der Waals surface area (Å²) in [5, 5.41) is 10.7. The Labute approximate surface area is 645 Å². The van der Waals surface area contributed by atoms with E-state index in [9.17, 15) is 43.2 Å². The zero-order valence-corrected chi connectivity index (χ0v) is 70.5. The molecule has 0 aliphatic rings. The number of rotatable bonds is 87. The number of carbonyl (C=O) groups excluding carboxylic acids is 4. The number of carbonyl (C=O) groups is 4. The number of phosphoric ester groups is 2. The summed E-state index contributed by atoms with van der Waals surface area (Å²) in [7, 11) is -9.93. The largest absolute Gasteiger partial charge is 0.472 e. The third-order valence-electron chi connectivity index (χ3n) is 20.4. The lowest BCUT2D eigenvalue weighted by molar-refractivity contribution is -0.161. The predicted octanol–water partition coefficient (Wildman–Crippen LogP) is 26.5. The van der Waals surface area contributed by atoms with Crippen LogP contribution in [0.4, 0.5) is 0 Å². The lowest BCUT2D eigenvalue weighted by Gasteiger charge is -2.21. The summed E-state index contributed by atoms with van der Waals surface area (Å²) in [5.74, 6) is -2.09. The molecule has 0 aliphatic heterocycles. The van der Waals surface area contributed by atoms with Crippen LogP contribution in [0.25, 0.3) is 0 Å². The number of aliphatic hydroxyl groups is 1. The van der Waals surface area contributed by atoms with Crippen LogP contribution >= 0.6 is 15.6 Å². The number of phosphoric acid groups is 2. The van der Waals surface area contributed by atoms with Crippen molar-refractivity contribution in [1.29, 1.82) is 0 Å². The van der Waals surface area contributed by atoms with Gasteiger partial charge in [-0.1, -0.05) is 419 Å². The lowest BCUT2D eigenvalue weighted by atomic mass is 10.0. The van der Waals surface area contributed by atoms with Crippen molar-refractivity contribution in [3.05, 3.63) is 0 Å². The highest BCUT2D eigenvalue weighted by Gasteiger charge is 2.30. The van der Waals surface area contributed by atoms with Gasteiger partial charge in [0, 0.05) is 25.7 Å². The molecule has 0 saturated heterocycles. The fourth-order valence-electron chi connectivity index (χ4n) is 13.5. The maximum Gasteiger partial charge on any atom is 0.472 e. The van der Waals surface area contributed by atoms with Crippen LogP contribution in [0.5, 0.6) is 0 Å². The first-order valence-corrected chi connectivity index (χ1v) is 47.8. The van der Waals surface area contributed by atoms with E-state index in [-0.39, 0.29) is 25.7 Å². The third kappa shape index (κ3) is 79.9. The number of ether oxygens (including phenoxy) is 4. The second kappa shape index (κ2) is 80.1. The average Bonchev–Trinajstić information content (AvgIpc) is 0.909. The van der Waals surface area contributed by atoms with Gasteiger partial charge >= 0.3 is 39.5 Å². The van der Waals surface area contributed by atoms with Crippen LogP contribution in [0.3, 0.4) is 0 Å². The molecule has 5 atom stereocenters. The molecule has 0 bridgehead atoms. The highest BCUT2D eigenvalue weighted by Crippen LogP contribution is 2.45. The average molecular weight is 1540 g/mol. The SMILES string of the molecule is CCCCCCCCCCCCCCCCCCCCCCC(=O)O[C@H](COC(=O)CCCCCCCCCCCCCCCCCCC)COP(=O)(O)OC[C@@H](O)COP(=O)(O)OC[C@@H](COC(=O)CCCCCCCCCCCCCCC)OC(=O)CCCCCCCCCCCCCCCCC. The molecular weight excluding hydrogens is 1370 g/mol. The quantitative estimate of drug-likeness (QED) is 0.0222. The zero-order valence-electron chi connectivity index (χ0n) is 68.7. The summed E-state index contributed by atoms with van der Waals surface area (Å²) in [5.41, 5.74) is 0. The normalized spacial score (nSPS) is 13.7. The maximum atomic E-state index is 13.1. The fraction of sp³-hybridized carbons (Fsp3) is 0.953. The number of esters is 4. The lowest BCUT2D eigenvalue weighted by Crippen LogP contribution is -2.30. The molecule has 2 unspecified atom stereocenters. The van der Waals surface area contributed by atoms with Crippen molar-refractivity contribution in [2.75, 3.05) is 39.6 Å². The van der Waals surface area contributed by atoms with Crippen LogP contribution in [0, 0.1) is 0 Å². The van der Waals surface area contributed by atoms with Crippen molar-refractivity contribution in [2.24, 2.45) is 0 Å². The molecule has 0 amide bonds. The Morgan fingerprint density at radius 2 is 0.381 bits per heavy atom. The van der Waals surface area contributed by atoms with Crippen LogP contribution in [0.2, 0.25) is 0 Å². The van der Waals surface area contributed by atoms with Crippen LogP contribution in [0.15, 0.2) is 0 Å². The summed E-state index contributed by atoms with van der Waals surface area (Å²) < 4.78 is 68.9. The first kappa shape index (κ1) is 103. The van der Waals surface area contributed by atoms with Crippen LogP contribution < -0.4 is 0 Å². The van der Waals surface area contributed by atoms with E-state index in [2.05, 4.69) is 27.7 Å². The van der Waals surface area contributed by atoms with Gasteiger partial charge in [0.2, 0.25) is 0 Å². The molecule has 0 aromatic heterocycles. The highest BCUT2D eigenvalue weighted by atomic mass is 31.2. The van der Waals surface area contributed by atoms with Gasteiger partial charge in [-0.2, -0.15) is 0 Å². The second-order valence-electron chi connectivity index (χ2n) is 30.9. The summed E-state index contributed by atoms with van der Waals surface area (Å²) >= 11 is 0. The molecule has 3 N–H and O–H groups in total. The minimum atomic E-state index is -4.96. The van der Waals surface area contributed by atoms with Gasteiger partial charge in [0.15, 0.2) is 12.2 Å². The monoisotopic (exact) mass is 1540 g/mol. The number of unbranched alkanes of at least 4 members (excludes halogenated alkanes) is 61. The van der Waals surface area contributed by atoms with Crippen molar-refractivity contribution >= 4 is 39.5 Å². The Hall–Kier alpha value is -1.94. The molecule has 105 heavy (non-hydrogen) atoms. The topological polar surface area (TPSA) is 237 Å². The molecule has 0 fully saturated rings. The Bertz CT molecular complexity index is 1980. The Balaban J connectivity index is 5.25. The van der Waals surface area contributed by atoms with E-state index in [1.165, 1.54) is 302 Å². The smallest absolute Gasteiger partial charge is 0.462 e. The van der Waals surface area contributed by atoms with Crippen molar-refractivity contribution in [2.45, 2.75) is 489 Å². The van der Waals surface area contributed by atoms with Crippen molar-refractivity contribution < 1.29 is 80.2 Å². The van der Waals surface area contributed by atoms with Gasteiger partial charge < -0.3 is 33.8 Å². The second-order valence-corrected chi connectivity index (χ2v) is 33.8. The molecular formula is C86H168O17P2. The molecule has 0 rings (SSSR count). The molecule has 0 aromatic rings. The predicted molar refractivity (Wildman–Crippen MR) is 432 cm³/mol. The van der Waals surface area contributed by atoms with E-state index in [1.807, 2.05) is 0 Å². The van der Waals surface area contributed by atoms with Crippen LogP contribution in [-0.4, -0.2) is 96.7 Å². The van der Waals surface area contributed by atoms with Gasteiger partial charge in [-0.15, -0.1) is 0 Å². The Kier molecular flexibility index (Phi) is 78.6. The van der Waals surface area contributed by atoms with Crippen molar-refractivity contribution in [1.82, 2.24) is 0 Å². The number of aliphatic hydroxyl groups excluding tert-OH is 1. The van der Waals surface area contributed by atoms with Gasteiger partial charge in [0.05, 0.1) is 26.4 Å². The molecule has 0 aromatic carbocycles. The Morgan fingerprint density at radius 3 is 0.562 bits per heavy atom. The van der Waals surface area contributed by atoms with Gasteiger partial charge in [-0.05, 0) is 25.7 Å². The first-order chi connectivity index (χ1) is 51.2. The van der Waals surface area contributed by atoms with Crippen molar-refractivity contribution in [3.63, 3.8) is 0 Å². The van der Waals surface area contributed by atoms with E-state index in [0.29, 0.717) is 25.7 Å². The molecule has 17 nitrogen and oxygen atoms in total. The van der Waals surface area contributed by atoms with E-state index in [1.54, 1.807) is 0 Å². The third-order valence-corrected chi connectivity index (χ3v) is 22.3. The summed E-state index contributed by atoms with van der Waals surface area (Å²) in [6, 6.07) is 0. The van der Waals surface area contributed by atoms with Gasteiger partial charge in [0.1, 0.15) is 19.3 Å². The number of hydrogen-bond acceptors (Lipinski definition) is 15. The van der Waals surface area contributed by atoms with Crippen molar-refractivity contribution in [3.8, 4) is 0 Å². The number of hydrogen-bond donors (Lipinski definition) is 3. The standard InChI is InChI=1S/C86H168O17P2/c1-5-9-13-17-21-25-29-33-36-38-39-40-42-45-49-53-57-61-65-69-73-86(91)103-82(77-97-84(89)71-67-63-59-55-51-47-44-41-37-34-30-26-22-18-14-10-6-2)79-101-105(94,95)99-75-80(87)74-98-104(92,93)100-78-81(76-96-83(88)70-66-62-58-54-50-46-32-28-24-20-16-12-8-4)102-85(90)72-68-64-60-56-52-48-43-35-31-27-23-19-15-11-7-3/h80-82,87H,5-79H2,1-4H3,(H,92,93)(H,94,95)/t80-,81+,82+/m0/s1. The summed E-state index contributed by atoms with van der Waals surface area (Å²) in [4.78, 5) is 73.3. The zero-order chi connectivity index (χ0) is 76.7. The van der Waals surface area contributed by atoms with Crippen LogP contribution in [-0.2, 0) is 65.4 Å². The van der Waals surface area contributed by atoms with E-state index >= 15 is 0 Å². The van der Waals surface area contributed by atoms with Crippen LogP contribution in [0.1, 0.15) is 471 Å². The first-order valence-electron chi connectivity index (χ1n) is 44.8. The molecule has 0 radical (unpaired) electrons. The summed E-state index contributed by atoms with van der Waals surface area (Å²) in [6.07, 6.45) is 74.8. The molecule has 0 saturated carbocycles. The maximum absolute atomic E-state index is 13.1. The van der Waals surface area contributed by atoms with E-state index in [4.69, 9.17) is 37.0 Å². The fourth-order valence-corrected chi connectivity index (χ4v) is 15.1. The van der Waals surface area contributed by atoms with E-state index < -0.39 is 97.5 Å². The van der Waals surface area contributed by atoms with E-state index in [0.717, 1.165) is 89.9 Å². The van der Waals surface area contributed by atoms with Gasteiger partial charge in [0.25, 0.3) is 0 Å². The highest BCUT2D eigenvalue weighted by molar-refractivity contribution is 7.47. The molecule has 0 spiro atoms.